The van der Waals surface area contributed by atoms with Gasteiger partial charge in [-0.2, -0.15) is 0 Å². The summed E-state index contributed by atoms with van der Waals surface area (Å²) in [7, 11) is 1.83. The van der Waals surface area contributed by atoms with Crippen molar-refractivity contribution in [3.8, 4) is 0 Å². The van der Waals surface area contributed by atoms with Crippen LogP contribution in [0.4, 0.5) is 5.69 Å². The summed E-state index contributed by atoms with van der Waals surface area (Å²) >= 11 is 0. The Morgan fingerprint density at radius 3 is 2.86 bits per heavy atom. The van der Waals surface area contributed by atoms with Gasteiger partial charge in [-0.05, 0) is 18.1 Å². The first-order valence-electron chi connectivity index (χ1n) is 9.26. The summed E-state index contributed by atoms with van der Waals surface area (Å²) in [6, 6.07) is 6.85. The molecule has 1 saturated heterocycles. The highest BCUT2D eigenvalue weighted by atomic mass is 16.2. The van der Waals surface area contributed by atoms with E-state index in [2.05, 4.69) is 20.3 Å². The zero-order chi connectivity index (χ0) is 20.2. The van der Waals surface area contributed by atoms with Crippen LogP contribution in [0.5, 0.6) is 0 Å². The van der Waals surface area contributed by atoms with Crippen LogP contribution in [0.1, 0.15) is 34.2 Å². The molecule has 0 saturated carbocycles. The van der Waals surface area contributed by atoms with Crippen LogP contribution in [0.25, 0.3) is 0 Å². The van der Waals surface area contributed by atoms with Gasteiger partial charge in [-0.25, -0.2) is 9.97 Å². The molecule has 2 aliphatic heterocycles. The third kappa shape index (κ3) is 2.30. The van der Waals surface area contributed by atoms with E-state index in [-0.39, 0.29) is 11.5 Å². The van der Waals surface area contributed by atoms with Crippen LogP contribution in [0, 0.1) is 0 Å². The normalized spacial score (nSPS) is 22.7. The van der Waals surface area contributed by atoms with Crippen molar-refractivity contribution in [1.82, 2.24) is 24.4 Å². The van der Waals surface area contributed by atoms with Crippen molar-refractivity contribution >= 4 is 17.5 Å². The van der Waals surface area contributed by atoms with E-state index in [1.807, 2.05) is 31.3 Å². The summed E-state index contributed by atoms with van der Waals surface area (Å²) in [5, 5.41) is 2.96. The fourth-order valence-corrected chi connectivity index (χ4v) is 4.56. The Bertz CT molecular complexity index is 1200. The highest BCUT2D eigenvalue weighted by molar-refractivity contribution is 6.08. The maximum atomic E-state index is 13.3. The molecule has 2 aromatic heterocycles. The number of carbonyl (C=O) groups is 2. The van der Waals surface area contributed by atoms with Gasteiger partial charge in [0.05, 0.1) is 6.33 Å². The molecule has 2 aliphatic rings. The minimum absolute atomic E-state index is 0.0598. The monoisotopic (exact) mass is 390 g/mol. The van der Waals surface area contributed by atoms with Crippen LogP contribution >= 0.6 is 0 Å². The molecule has 0 aliphatic carbocycles. The van der Waals surface area contributed by atoms with Crippen molar-refractivity contribution in [3.05, 3.63) is 76.5 Å². The van der Waals surface area contributed by atoms with Crippen LogP contribution < -0.4 is 10.9 Å². The summed E-state index contributed by atoms with van der Waals surface area (Å²) < 4.78 is 1.81. The molecule has 1 aromatic carbocycles. The Hall–Kier alpha value is -3.75. The number of imidazole rings is 1. The van der Waals surface area contributed by atoms with Crippen LogP contribution in [0.2, 0.25) is 0 Å². The first-order valence-corrected chi connectivity index (χ1v) is 9.26. The van der Waals surface area contributed by atoms with Crippen molar-refractivity contribution in [3.63, 3.8) is 0 Å². The zero-order valence-electron chi connectivity index (χ0n) is 15.6. The number of carbonyl (C=O) groups excluding carboxylic acids is 2. The number of fused-ring (bicyclic) bond motifs is 2. The summed E-state index contributed by atoms with van der Waals surface area (Å²) in [5.41, 5.74) is 0.0373. The molecule has 4 heterocycles. The van der Waals surface area contributed by atoms with Crippen molar-refractivity contribution < 1.29 is 9.59 Å². The maximum absolute atomic E-state index is 13.3. The van der Waals surface area contributed by atoms with Crippen molar-refractivity contribution in [1.29, 1.82) is 0 Å². The van der Waals surface area contributed by atoms with Crippen LogP contribution in [0.15, 0.2) is 54.0 Å². The van der Waals surface area contributed by atoms with Gasteiger partial charge in [0.15, 0.2) is 0 Å². The molecule has 1 fully saturated rings. The summed E-state index contributed by atoms with van der Waals surface area (Å²) in [6.45, 7) is 0.312. The number of nitrogens with one attached hydrogen (secondary N) is 2. The van der Waals surface area contributed by atoms with E-state index in [0.29, 0.717) is 18.8 Å². The second-order valence-corrected chi connectivity index (χ2v) is 7.31. The van der Waals surface area contributed by atoms with Crippen LogP contribution in [-0.2, 0) is 17.3 Å². The zero-order valence-corrected chi connectivity index (χ0v) is 15.6. The molecule has 0 unspecified atom stereocenters. The molecular weight excluding hydrogens is 372 g/mol. The standard InChI is InChI=1S/C20H18N6O3/c1-25-9-7-22-16(25)15-20(13-4-2-3-5-14(13)24-19(20)29)6-8-26(15)18(28)12-10-21-11-23-17(12)27/h2-5,7,9-11,15H,6,8H2,1H3,(H,24,29)(H,21,23,27)/t15-,20+/m0/s1. The minimum atomic E-state index is -0.972. The van der Waals surface area contributed by atoms with Crippen LogP contribution in [0.3, 0.4) is 0 Å². The quantitative estimate of drug-likeness (QED) is 0.677. The molecule has 146 valence electrons. The third-order valence-electron chi connectivity index (χ3n) is 5.90. The van der Waals surface area contributed by atoms with Crippen molar-refractivity contribution in [2.45, 2.75) is 17.9 Å². The number of aromatic nitrogens is 4. The first-order chi connectivity index (χ1) is 14.0. The van der Waals surface area contributed by atoms with Gasteiger partial charge in [-0.1, -0.05) is 18.2 Å². The summed E-state index contributed by atoms with van der Waals surface area (Å²) in [6.07, 6.45) is 6.34. The van der Waals surface area contributed by atoms with E-state index in [4.69, 9.17) is 0 Å². The van der Waals surface area contributed by atoms with Gasteiger partial charge in [0.25, 0.3) is 11.5 Å². The molecule has 2 atom stereocenters. The lowest BCUT2D eigenvalue weighted by Crippen LogP contribution is -2.44. The molecular formula is C20H18N6O3. The molecule has 29 heavy (non-hydrogen) atoms. The molecule has 2 N–H and O–H groups in total. The van der Waals surface area contributed by atoms with Gasteiger partial charge in [-0.15, -0.1) is 0 Å². The molecule has 2 amide bonds. The second kappa shape index (κ2) is 6.13. The number of hydrogen-bond donors (Lipinski definition) is 2. The fourth-order valence-electron chi connectivity index (χ4n) is 4.56. The number of amides is 2. The van der Waals surface area contributed by atoms with Gasteiger partial charge in [0, 0.05) is 37.9 Å². The third-order valence-corrected chi connectivity index (χ3v) is 5.90. The predicted molar refractivity (Wildman–Crippen MR) is 103 cm³/mol. The van der Waals surface area contributed by atoms with E-state index in [1.165, 1.54) is 12.5 Å². The lowest BCUT2D eigenvalue weighted by atomic mass is 9.74. The van der Waals surface area contributed by atoms with Gasteiger partial charge in [-0.3, -0.25) is 14.4 Å². The van der Waals surface area contributed by atoms with E-state index >= 15 is 0 Å². The first kappa shape index (κ1) is 17.4. The Labute approximate surface area is 165 Å². The average Bonchev–Trinajstić information content (AvgIpc) is 3.39. The van der Waals surface area contributed by atoms with E-state index in [0.717, 1.165) is 11.3 Å². The number of para-hydroxylation sites is 1. The smallest absolute Gasteiger partial charge is 0.263 e. The van der Waals surface area contributed by atoms with E-state index in [1.54, 1.807) is 21.9 Å². The highest BCUT2D eigenvalue weighted by Crippen LogP contribution is 2.54. The molecule has 3 aromatic rings. The number of aromatic amines is 1. The second-order valence-electron chi connectivity index (χ2n) is 7.31. The number of H-pyrrole nitrogens is 1. The van der Waals surface area contributed by atoms with Gasteiger partial charge in [0.1, 0.15) is 22.8 Å². The molecule has 0 radical (unpaired) electrons. The molecule has 1 spiro atoms. The lowest BCUT2D eigenvalue weighted by molar-refractivity contribution is -0.121. The molecule has 5 rings (SSSR count). The van der Waals surface area contributed by atoms with Gasteiger partial charge < -0.3 is 19.8 Å². The lowest BCUT2D eigenvalue weighted by Gasteiger charge is -2.33. The molecule has 9 heteroatoms. The minimum Gasteiger partial charge on any atom is -0.336 e. The Kier molecular flexibility index (Phi) is 3.67. The molecule has 9 nitrogen and oxygen atoms in total. The van der Waals surface area contributed by atoms with Crippen molar-refractivity contribution in [2.75, 3.05) is 11.9 Å². The highest BCUT2D eigenvalue weighted by Gasteiger charge is 2.60. The largest absolute Gasteiger partial charge is 0.336 e. The number of anilines is 1. The maximum Gasteiger partial charge on any atom is 0.263 e. The Balaban J connectivity index is 1.70. The van der Waals surface area contributed by atoms with E-state index < -0.39 is 22.9 Å². The Morgan fingerprint density at radius 1 is 1.28 bits per heavy atom. The number of benzene rings is 1. The van der Waals surface area contributed by atoms with Crippen molar-refractivity contribution in [2.24, 2.45) is 7.05 Å². The average molecular weight is 390 g/mol. The predicted octanol–water partition coefficient (Wildman–Crippen LogP) is 0.981. The number of likely N-dealkylation sites (tertiary alicyclic amines) is 1. The Morgan fingerprint density at radius 2 is 2.10 bits per heavy atom. The van der Waals surface area contributed by atoms with Gasteiger partial charge in [0.2, 0.25) is 5.91 Å². The van der Waals surface area contributed by atoms with Gasteiger partial charge >= 0.3 is 0 Å². The molecule has 0 bridgehead atoms. The number of rotatable bonds is 2. The van der Waals surface area contributed by atoms with E-state index in [9.17, 15) is 14.4 Å². The summed E-state index contributed by atoms with van der Waals surface area (Å²) in [5.74, 6) is -0.0495. The fraction of sp³-hybridized carbons (Fsp3) is 0.250. The van der Waals surface area contributed by atoms with Crippen LogP contribution in [-0.4, -0.2) is 42.8 Å². The summed E-state index contributed by atoms with van der Waals surface area (Å²) in [4.78, 5) is 51.2. The number of aryl methyl sites for hydroxylation is 1. The number of hydrogen-bond acceptors (Lipinski definition) is 5. The SMILES string of the molecule is Cn1ccnc1[C@@H]1N(C(=O)c2cnc[nH]c2=O)CC[C@]12C(=O)Nc1ccccc12. The number of nitrogens with zero attached hydrogens (tertiary/aromatic N) is 4. The topological polar surface area (TPSA) is 113 Å².